The van der Waals surface area contributed by atoms with Crippen LogP contribution >= 0.6 is 0 Å². The van der Waals surface area contributed by atoms with E-state index in [2.05, 4.69) is 10.0 Å². The van der Waals surface area contributed by atoms with Gasteiger partial charge in [-0.15, -0.1) is 0 Å². The van der Waals surface area contributed by atoms with Crippen molar-refractivity contribution in [2.24, 2.45) is 0 Å². The van der Waals surface area contributed by atoms with Gasteiger partial charge in [0.2, 0.25) is 5.91 Å². The molecular weight excluding hydrogens is 334 g/mol. The van der Waals surface area contributed by atoms with Crippen molar-refractivity contribution >= 4 is 33.0 Å². The zero-order valence-corrected chi connectivity index (χ0v) is 13.4. The standard InChI is InChI=1S/C15H13N3O5S/c1-9-2-3-11(18(20)21)8-14(9)17-24(22,23)12-4-5-13-10(6-12)7-15(19)16-13/h2-6,8,17H,7H2,1H3,(H,16,19). The van der Waals surface area contributed by atoms with Crippen molar-refractivity contribution in [2.75, 3.05) is 10.0 Å². The number of carbonyl (C=O) groups excluding carboxylic acids is 1. The summed E-state index contributed by atoms with van der Waals surface area (Å²) in [6.07, 6.45) is 0.120. The van der Waals surface area contributed by atoms with Crippen LogP contribution in [0.25, 0.3) is 0 Å². The van der Waals surface area contributed by atoms with Crippen molar-refractivity contribution in [1.82, 2.24) is 0 Å². The molecule has 0 aliphatic carbocycles. The van der Waals surface area contributed by atoms with E-state index in [9.17, 15) is 23.3 Å². The minimum Gasteiger partial charge on any atom is -0.326 e. The first-order valence-electron chi connectivity index (χ1n) is 6.97. The molecular formula is C15H13N3O5S. The Morgan fingerprint density at radius 3 is 2.67 bits per heavy atom. The molecule has 0 spiro atoms. The molecule has 2 aromatic carbocycles. The van der Waals surface area contributed by atoms with Gasteiger partial charge in [0.25, 0.3) is 15.7 Å². The maximum Gasteiger partial charge on any atom is 0.271 e. The number of aryl methyl sites for hydroxylation is 1. The van der Waals surface area contributed by atoms with E-state index >= 15 is 0 Å². The van der Waals surface area contributed by atoms with Crippen molar-refractivity contribution in [3.8, 4) is 0 Å². The number of carbonyl (C=O) groups is 1. The van der Waals surface area contributed by atoms with E-state index in [1.54, 1.807) is 6.92 Å². The fourth-order valence-corrected chi connectivity index (χ4v) is 3.58. The summed E-state index contributed by atoms with van der Waals surface area (Å²) in [6.45, 7) is 1.65. The fraction of sp³-hybridized carbons (Fsp3) is 0.133. The molecule has 0 saturated carbocycles. The zero-order chi connectivity index (χ0) is 17.5. The average molecular weight is 347 g/mol. The third kappa shape index (κ3) is 2.93. The summed E-state index contributed by atoms with van der Waals surface area (Å²) in [5.74, 6) is -0.193. The van der Waals surface area contributed by atoms with E-state index < -0.39 is 14.9 Å². The van der Waals surface area contributed by atoms with Crippen LogP contribution in [0.15, 0.2) is 41.3 Å². The third-order valence-electron chi connectivity index (χ3n) is 3.69. The summed E-state index contributed by atoms with van der Waals surface area (Å²) in [7, 11) is -3.93. The normalized spacial score (nSPS) is 13.3. The van der Waals surface area contributed by atoms with E-state index in [0.29, 0.717) is 16.8 Å². The highest BCUT2D eigenvalue weighted by atomic mass is 32.2. The molecule has 1 amide bonds. The molecule has 0 fully saturated rings. The number of non-ortho nitro benzene ring substituents is 1. The van der Waals surface area contributed by atoms with Gasteiger partial charge < -0.3 is 5.32 Å². The SMILES string of the molecule is Cc1ccc([N+](=O)[O-])cc1NS(=O)(=O)c1ccc2c(c1)CC(=O)N2. The van der Waals surface area contributed by atoms with Crippen molar-refractivity contribution in [1.29, 1.82) is 0 Å². The van der Waals surface area contributed by atoms with E-state index in [-0.39, 0.29) is 28.6 Å². The number of sulfonamides is 1. The van der Waals surface area contributed by atoms with E-state index in [0.717, 1.165) is 0 Å². The van der Waals surface area contributed by atoms with E-state index in [1.807, 2.05) is 0 Å². The Labute approximate surface area is 137 Å². The summed E-state index contributed by atoms with van der Waals surface area (Å²) >= 11 is 0. The molecule has 1 heterocycles. The second kappa shape index (κ2) is 5.60. The Morgan fingerprint density at radius 1 is 1.21 bits per heavy atom. The summed E-state index contributed by atoms with van der Waals surface area (Å²) in [5.41, 5.74) is 1.67. The van der Waals surface area contributed by atoms with Gasteiger partial charge in [-0.05, 0) is 36.2 Å². The highest BCUT2D eigenvalue weighted by molar-refractivity contribution is 7.92. The number of nitro groups is 1. The monoisotopic (exact) mass is 347 g/mol. The summed E-state index contributed by atoms with van der Waals surface area (Å²) in [6, 6.07) is 8.27. The number of hydrogen-bond acceptors (Lipinski definition) is 5. The molecule has 3 rings (SSSR count). The second-order valence-electron chi connectivity index (χ2n) is 5.41. The minimum atomic E-state index is -3.93. The lowest BCUT2D eigenvalue weighted by atomic mass is 10.2. The molecule has 0 unspecified atom stereocenters. The largest absolute Gasteiger partial charge is 0.326 e. The van der Waals surface area contributed by atoms with Crippen LogP contribution in [0, 0.1) is 17.0 Å². The Bertz CT molecular complexity index is 969. The molecule has 9 heteroatoms. The van der Waals surface area contributed by atoms with Gasteiger partial charge in [0.05, 0.1) is 21.9 Å². The van der Waals surface area contributed by atoms with Gasteiger partial charge in [0.1, 0.15) is 0 Å². The third-order valence-corrected chi connectivity index (χ3v) is 5.05. The molecule has 124 valence electrons. The van der Waals surface area contributed by atoms with Gasteiger partial charge >= 0.3 is 0 Å². The van der Waals surface area contributed by atoms with E-state index in [1.165, 1.54) is 36.4 Å². The lowest BCUT2D eigenvalue weighted by Crippen LogP contribution is -2.14. The molecule has 0 atom stereocenters. The van der Waals surface area contributed by atoms with Crippen LogP contribution in [-0.2, 0) is 21.2 Å². The smallest absolute Gasteiger partial charge is 0.271 e. The number of anilines is 2. The highest BCUT2D eigenvalue weighted by Gasteiger charge is 2.22. The molecule has 1 aliphatic rings. The fourth-order valence-electron chi connectivity index (χ4n) is 2.41. The van der Waals surface area contributed by atoms with Crippen molar-refractivity contribution in [2.45, 2.75) is 18.2 Å². The molecule has 0 saturated heterocycles. The van der Waals surface area contributed by atoms with Crippen LogP contribution in [-0.4, -0.2) is 19.2 Å². The molecule has 0 bridgehead atoms. The molecule has 2 N–H and O–H groups in total. The maximum absolute atomic E-state index is 12.5. The van der Waals surface area contributed by atoms with Gasteiger partial charge in [-0.3, -0.25) is 19.6 Å². The maximum atomic E-state index is 12.5. The minimum absolute atomic E-state index is 0.0105. The van der Waals surface area contributed by atoms with Crippen molar-refractivity contribution in [3.05, 3.63) is 57.6 Å². The van der Waals surface area contributed by atoms with Gasteiger partial charge in [-0.25, -0.2) is 8.42 Å². The van der Waals surface area contributed by atoms with Crippen LogP contribution in [0.4, 0.5) is 17.1 Å². The molecule has 1 aliphatic heterocycles. The van der Waals surface area contributed by atoms with Crippen molar-refractivity contribution < 1.29 is 18.1 Å². The molecule has 0 radical (unpaired) electrons. The average Bonchev–Trinajstić information content (AvgIpc) is 2.88. The first-order valence-corrected chi connectivity index (χ1v) is 8.45. The predicted octanol–water partition coefficient (Wildman–Crippen LogP) is 2.20. The summed E-state index contributed by atoms with van der Waals surface area (Å²) < 4.78 is 27.4. The lowest BCUT2D eigenvalue weighted by molar-refractivity contribution is -0.384. The molecule has 0 aromatic heterocycles. The van der Waals surface area contributed by atoms with Gasteiger partial charge in [-0.2, -0.15) is 0 Å². The number of amides is 1. The van der Waals surface area contributed by atoms with Crippen LogP contribution in [0.5, 0.6) is 0 Å². The van der Waals surface area contributed by atoms with Crippen molar-refractivity contribution in [3.63, 3.8) is 0 Å². The Kier molecular flexibility index (Phi) is 3.72. The number of nitro benzene ring substituents is 1. The van der Waals surface area contributed by atoms with Crippen LogP contribution in [0.2, 0.25) is 0 Å². The first kappa shape index (κ1) is 15.9. The topological polar surface area (TPSA) is 118 Å². The summed E-state index contributed by atoms with van der Waals surface area (Å²) in [5, 5.41) is 13.5. The highest BCUT2D eigenvalue weighted by Crippen LogP contribution is 2.28. The zero-order valence-electron chi connectivity index (χ0n) is 12.6. The Morgan fingerprint density at radius 2 is 1.96 bits per heavy atom. The van der Waals surface area contributed by atoms with Gasteiger partial charge in [0.15, 0.2) is 0 Å². The number of rotatable bonds is 4. The molecule has 2 aromatic rings. The van der Waals surface area contributed by atoms with Gasteiger partial charge in [-0.1, -0.05) is 6.07 Å². The lowest BCUT2D eigenvalue weighted by Gasteiger charge is -2.11. The molecule has 8 nitrogen and oxygen atoms in total. The second-order valence-corrected chi connectivity index (χ2v) is 7.09. The van der Waals surface area contributed by atoms with Gasteiger partial charge in [0, 0.05) is 17.8 Å². The first-order chi connectivity index (χ1) is 11.3. The number of hydrogen-bond donors (Lipinski definition) is 2. The van der Waals surface area contributed by atoms with Crippen LogP contribution in [0.3, 0.4) is 0 Å². The molecule has 24 heavy (non-hydrogen) atoms. The van der Waals surface area contributed by atoms with E-state index in [4.69, 9.17) is 0 Å². The number of benzene rings is 2. The predicted molar refractivity (Wildman–Crippen MR) is 87.4 cm³/mol. The number of nitrogens with zero attached hydrogens (tertiary/aromatic N) is 1. The quantitative estimate of drug-likeness (QED) is 0.649. The number of fused-ring (bicyclic) bond motifs is 1. The van der Waals surface area contributed by atoms with Crippen LogP contribution < -0.4 is 10.0 Å². The Hall–Kier alpha value is -2.94. The van der Waals surface area contributed by atoms with Crippen LogP contribution in [0.1, 0.15) is 11.1 Å². The number of nitrogens with one attached hydrogen (secondary N) is 2. The Balaban J connectivity index is 1.95. The summed E-state index contributed by atoms with van der Waals surface area (Å²) in [4.78, 5) is 21.6.